The first-order chi connectivity index (χ1) is 8.94. The quantitative estimate of drug-likeness (QED) is 0.921. The Morgan fingerprint density at radius 2 is 2.21 bits per heavy atom. The fraction of sp³-hybridized carbons (Fsp3) is 0.500. The van der Waals surface area contributed by atoms with E-state index in [1.54, 1.807) is 0 Å². The van der Waals surface area contributed by atoms with Crippen LogP contribution in [0.15, 0.2) is 18.2 Å². The van der Waals surface area contributed by atoms with E-state index >= 15 is 0 Å². The molecule has 0 spiro atoms. The van der Waals surface area contributed by atoms with Crippen LogP contribution in [0.2, 0.25) is 5.02 Å². The van der Waals surface area contributed by atoms with E-state index in [1.165, 1.54) is 22.5 Å². The van der Waals surface area contributed by atoms with Gasteiger partial charge in [-0.2, -0.15) is 4.31 Å². The molecule has 0 aromatic heterocycles. The van der Waals surface area contributed by atoms with Gasteiger partial charge in [0.25, 0.3) is 0 Å². The van der Waals surface area contributed by atoms with E-state index in [9.17, 15) is 12.8 Å². The summed E-state index contributed by atoms with van der Waals surface area (Å²) in [5.41, 5.74) is 6.06. The van der Waals surface area contributed by atoms with Crippen molar-refractivity contribution in [2.24, 2.45) is 5.73 Å². The first-order valence-corrected chi connectivity index (χ1v) is 8.06. The first kappa shape index (κ1) is 14.7. The maximum atomic E-state index is 13.0. The van der Waals surface area contributed by atoms with Crippen molar-refractivity contribution in [1.29, 1.82) is 0 Å². The van der Waals surface area contributed by atoms with Gasteiger partial charge in [-0.25, -0.2) is 12.8 Å². The molecular weight excluding hydrogens is 291 g/mol. The van der Waals surface area contributed by atoms with Gasteiger partial charge < -0.3 is 5.73 Å². The molecule has 1 saturated heterocycles. The maximum Gasteiger partial charge on any atom is 0.218 e. The van der Waals surface area contributed by atoms with Gasteiger partial charge >= 0.3 is 0 Å². The molecular formula is C12H16ClFN2O2S. The lowest BCUT2D eigenvalue weighted by atomic mass is 10.2. The second kappa shape index (κ2) is 5.75. The molecule has 0 saturated carbocycles. The van der Waals surface area contributed by atoms with Crippen molar-refractivity contribution < 1.29 is 12.8 Å². The van der Waals surface area contributed by atoms with Crippen molar-refractivity contribution in [2.75, 3.05) is 13.1 Å². The summed E-state index contributed by atoms with van der Waals surface area (Å²) < 4.78 is 39.1. The Labute approximate surface area is 117 Å². The second-order valence-corrected chi connectivity index (χ2v) is 6.98. The smallest absolute Gasteiger partial charge is 0.218 e. The van der Waals surface area contributed by atoms with Crippen molar-refractivity contribution in [1.82, 2.24) is 4.31 Å². The summed E-state index contributed by atoms with van der Waals surface area (Å²) in [4.78, 5) is 0. The molecule has 1 atom stereocenters. The normalized spacial score (nSPS) is 20.9. The van der Waals surface area contributed by atoms with Crippen LogP contribution in [-0.4, -0.2) is 31.9 Å². The largest absolute Gasteiger partial charge is 0.329 e. The molecule has 19 heavy (non-hydrogen) atoms. The molecule has 0 amide bonds. The number of sulfonamides is 1. The zero-order chi connectivity index (χ0) is 14.0. The molecule has 1 fully saturated rings. The average molecular weight is 307 g/mol. The minimum absolute atomic E-state index is 0.0653. The number of rotatable bonds is 4. The van der Waals surface area contributed by atoms with E-state index in [-0.39, 0.29) is 16.8 Å². The van der Waals surface area contributed by atoms with Crippen LogP contribution in [0.4, 0.5) is 4.39 Å². The van der Waals surface area contributed by atoms with Gasteiger partial charge in [-0.3, -0.25) is 0 Å². The zero-order valence-corrected chi connectivity index (χ0v) is 11.9. The maximum absolute atomic E-state index is 13.0. The van der Waals surface area contributed by atoms with Crippen molar-refractivity contribution in [3.8, 4) is 0 Å². The van der Waals surface area contributed by atoms with Crippen LogP contribution in [-0.2, 0) is 15.8 Å². The summed E-state index contributed by atoms with van der Waals surface area (Å²) in [5.74, 6) is -0.729. The van der Waals surface area contributed by atoms with Crippen LogP contribution >= 0.6 is 11.6 Å². The van der Waals surface area contributed by atoms with Crippen LogP contribution in [0, 0.1) is 5.82 Å². The topological polar surface area (TPSA) is 63.4 Å². The highest BCUT2D eigenvalue weighted by Gasteiger charge is 2.33. The molecule has 1 unspecified atom stereocenters. The summed E-state index contributed by atoms with van der Waals surface area (Å²) in [6.07, 6.45) is 1.62. The lowest BCUT2D eigenvalue weighted by Crippen LogP contribution is -2.40. The van der Waals surface area contributed by atoms with Crippen molar-refractivity contribution in [3.05, 3.63) is 34.6 Å². The van der Waals surface area contributed by atoms with E-state index in [2.05, 4.69) is 0 Å². The van der Waals surface area contributed by atoms with Crippen LogP contribution in [0.25, 0.3) is 0 Å². The molecule has 1 heterocycles. The van der Waals surface area contributed by atoms with Crippen LogP contribution in [0.1, 0.15) is 18.4 Å². The van der Waals surface area contributed by atoms with Gasteiger partial charge in [0, 0.05) is 19.1 Å². The monoisotopic (exact) mass is 306 g/mol. The summed E-state index contributed by atoms with van der Waals surface area (Å²) in [6, 6.07) is 3.84. The molecule has 1 aromatic rings. The number of halogens is 2. The van der Waals surface area contributed by atoms with Gasteiger partial charge in [-0.1, -0.05) is 17.7 Å². The molecule has 0 aliphatic carbocycles. The number of hydrogen-bond acceptors (Lipinski definition) is 3. The van der Waals surface area contributed by atoms with Gasteiger partial charge in [-0.15, -0.1) is 0 Å². The van der Waals surface area contributed by atoms with Crippen LogP contribution in [0.5, 0.6) is 0 Å². The molecule has 1 aliphatic rings. The standard InChI is InChI=1S/C12H16ClFN2O2S/c13-11-6-9(3-4-12(11)14)8-19(17,18)16-5-1-2-10(16)7-15/h3-4,6,10H,1-2,5,7-8,15H2. The summed E-state index contributed by atoms with van der Waals surface area (Å²) in [5, 5.41) is -0.0653. The Kier molecular flexibility index (Phi) is 4.45. The van der Waals surface area contributed by atoms with Gasteiger partial charge in [-0.05, 0) is 30.5 Å². The highest BCUT2D eigenvalue weighted by molar-refractivity contribution is 7.88. The third-order valence-corrected chi connectivity index (χ3v) is 5.47. The molecule has 1 aromatic carbocycles. The van der Waals surface area contributed by atoms with Crippen LogP contribution in [0.3, 0.4) is 0 Å². The van der Waals surface area contributed by atoms with E-state index in [0.29, 0.717) is 18.7 Å². The molecule has 0 radical (unpaired) electrons. The van der Waals surface area contributed by atoms with Gasteiger partial charge in [0.05, 0.1) is 10.8 Å². The number of nitrogens with zero attached hydrogens (tertiary/aromatic N) is 1. The third-order valence-electron chi connectivity index (χ3n) is 3.29. The lowest BCUT2D eigenvalue weighted by molar-refractivity contribution is 0.392. The van der Waals surface area contributed by atoms with Gasteiger partial charge in [0.1, 0.15) is 5.82 Å². The minimum Gasteiger partial charge on any atom is -0.329 e. The minimum atomic E-state index is -3.43. The molecule has 0 bridgehead atoms. The van der Waals surface area contributed by atoms with Crippen molar-refractivity contribution >= 4 is 21.6 Å². The highest BCUT2D eigenvalue weighted by Crippen LogP contribution is 2.24. The Hall–Kier alpha value is -0.690. The van der Waals surface area contributed by atoms with E-state index in [4.69, 9.17) is 17.3 Å². The Bertz CT molecular complexity index is 565. The first-order valence-electron chi connectivity index (χ1n) is 6.07. The van der Waals surface area contributed by atoms with E-state index in [0.717, 1.165) is 12.8 Å². The molecule has 2 N–H and O–H groups in total. The Balaban J connectivity index is 2.19. The van der Waals surface area contributed by atoms with Crippen LogP contribution < -0.4 is 5.73 Å². The number of nitrogens with two attached hydrogens (primary N) is 1. The molecule has 106 valence electrons. The average Bonchev–Trinajstić information content (AvgIpc) is 2.82. The number of hydrogen-bond donors (Lipinski definition) is 1. The Morgan fingerprint density at radius 3 is 2.84 bits per heavy atom. The SMILES string of the molecule is NCC1CCCN1S(=O)(=O)Cc1ccc(F)c(Cl)c1. The number of benzene rings is 1. The van der Waals surface area contributed by atoms with Gasteiger partial charge in [0.2, 0.25) is 10.0 Å². The molecule has 7 heteroatoms. The predicted molar refractivity (Wildman–Crippen MR) is 72.8 cm³/mol. The van der Waals surface area contributed by atoms with E-state index < -0.39 is 15.8 Å². The van der Waals surface area contributed by atoms with Gasteiger partial charge in [0.15, 0.2) is 0 Å². The Morgan fingerprint density at radius 1 is 1.47 bits per heavy atom. The molecule has 1 aliphatic heterocycles. The van der Waals surface area contributed by atoms with Crippen molar-refractivity contribution in [3.63, 3.8) is 0 Å². The lowest BCUT2D eigenvalue weighted by Gasteiger charge is -2.22. The fourth-order valence-electron chi connectivity index (χ4n) is 2.33. The molecule has 2 rings (SSSR count). The van der Waals surface area contributed by atoms with E-state index in [1.807, 2.05) is 0 Å². The van der Waals surface area contributed by atoms with Crippen molar-refractivity contribution in [2.45, 2.75) is 24.6 Å². The summed E-state index contributed by atoms with van der Waals surface area (Å²) >= 11 is 5.65. The highest BCUT2D eigenvalue weighted by atomic mass is 35.5. The summed E-state index contributed by atoms with van der Waals surface area (Å²) in [7, 11) is -3.43. The third kappa shape index (κ3) is 3.25. The predicted octanol–water partition coefficient (Wildman–Crippen LogP) is 1.73. The zero-order valence-electron chi connectivity index (χ0n) is 10.4. The summed E-state index contributed by atoms with van der Waals surface area (Å²) in [6.45, 7) is 0.822. The second-order valence-electron chi connectivity index (χ2n) is 4.65. The fourth-order valence-corrected chi connectivity index (χ4v) is 4.36. The molecule has 4 nitrogen and oxygen atoms in total.